The predicted molar refractivity (Wildman–Crippen MR) is 105 cm³/mol. The third-order valence-corrected chi connectivity index (χ3v) is 5.30. The first-order valence-corrected chi connectivity index (χ1v) is 9.77. The molecule has 2 aliphatic rings. The van der Waals surface area contributed by atoms with Gasteiger partial charge in [0.05, 0.1) is 11.3 Å². The normalized spacial score (nSPS) is 15.9. The molecule has 0 saturated heterocycles. The van der Waals surface area contributed by atoms with E-state index in [0.717, 1.165) is 31.2 Å². The van der Waals surface area contributed by atoms with Gasteiger partial charge in [0.15, 0.2) is 11.5 Å². The van der Waals surface area contributed by atoms with Crippen LogP contribution in [0.15, 0.2) is 42.5 Å². The van der Waals surface area contributed by atoms with Crippen molar-refractivity contribution >= 4 is 17.5 Å². The zero-order chi connectivity index (χ0) is 19.3. The van der Waals surface area contributed by atoms with Crippen LogP contribution in [-0.2, 0) is 11.3 Å². The molecule has 0 atom stereocenters. The van der Waals surface area contributed by atoms with E-state index in [1.807, 2.05) is 24.3 Å². The Morgan fingerprint density at radius 3 is 2.61 bits per heavy atom. The molecule has 0 bridgehead atoms. The maximum absolute atomic E-state index is 12.7. The number of ether oxygens (including phenoxy) is 2. The fourth-order valence-corrected chi connectivity index (χ4v) is 3.72. The molecule has 146 valence electrons. The first kappa shape index (κ1) is 18.3. The van der Waals surface area contributed by atoms with E-state index in [2.05, 4.69) is 10.6 Å². The Morgan fingerprint density at radius 1 is 0.964 bits per heavy atom. The molecule has 4 rings (SSSR count). The summed E-state index contributed by atoms with van der Waals surface area (Å²) in [4.78, 5) is 25.3. The number of fused-ring (bicyclic) bond motifs is 1. The fourth-order valence-electron chi connectivity index (χ4n) is 3.72. The Kier molecular flexibility index (Phi) is 5.46. The second kappa shape index (κ2) is 8.33. The number of carbonyl (C=O) groups is 2. The number of rotatable bonds is 5. The van der Waals surface area contributed by atoms with Gasteiger partial charge in [-0.25, -0.2) is 0 Å². The first-order valence-electron chi connectivity index (χ1n) is 9.77. The Bertz CT molecular complexity index is 875. The van der Waals surface area contributed by atoms with Crippen LogP contribution in [0.3, 0.4) is 0 Å². The van der Waals surface area contributed by atoms with Crippen molar-refractivity contribution in [2.75, 3.05) is 12.1 Å². The predicted octanol–water partition coefficient (Wildman–Crippen LogP) is 3.86. The van der Waals surface area contributed by atoms with Crippen LogP contribution in [0.4, 0.5) is 5.69 Å². The van der Waals surface area contributed by atoms with Crippen LogP contribution in [0.2, 0.25) is 0 Å². The van der Waals surface area contributed by atoms with Crippen LogP contribution >= 0.6 is 0 Å². The molecule has 6 heteroatoms. The van der Waals surface area contributed by atoms with E-state index in [4.69, 9.17) is 9.47 Å². The van der Waals surface area contributed by atoms with Gasteiger partial charge in [0.2, 0.25) is 12.7 Å². The minimum Gasteiger partial charge on any atom is -0.454 e. The molecular weight excluding hydrogens is 356 g/mol. The maximum Gasteiger partial charge on any atom is 0.253 e. The summed E-state index contributed by atoms with van der Waals surface area (Å²) >= 11 is 0. The van der Waals surface area contributed by atoms with Crippen LogP contribution < -0.4 is 20.1 Å². The van der Waals surface area contributed by atoms with Crippen molar-refractivity contribution in [3.8, 4) is 11.5 Å². The lowest BCUT2D eigenvalue weighted by molar-refractivity contribution is -0.120. The standard InChI is InChI=1S/C22H24N2O4/c25-21(16-6-2-1-3-7-16)24-18-9-5-4-8-17(18)22(26)23-13-15-10-11-19-20(12-15)28-14-27-19/h4-5,8-12,16H,1-3,6-7,13-14H2,(H,23,26)(H,24,25). The summed E-state index contributed by atoms with van der Waals surface area (Å²) in [6, 6.07) is 12.7. The van der Waals surface area contributed by atoms with E-state index < -0.39 is 0 Å². The van der Waals surface area contributed by atoms with E-state index in [1.54, 1.807) is 18.2 Å². The molecule has 2 aromatic rings. The Balaban J connectivity index is 1.40. The van der Waals surface area contributed by atoms with Crippen molar-refractivity contribution in [1.29, 1.82) is 0 Å². The minimum absolute atomic E-state index is 0.00993. The highest BCUT2D eigenvalue weighted by molar-refractivity contribution is 6.04. The SMILES string of the molecule is O=C(NCc1ccc2c(c1)OCO2)c1ccccc1NC(=O)C1CCCCC1. The molecule has 1 heterocycles. The zero-order valence-electron chi connectivity index (χ0n) is 15.7. The molecule has 1 aliphatic carbocycles. The van der Waals surface area contributed by atoms with Crippen molar-refractivity contribution < 1.29 is 19.1 Å². The van der Waals surface area contributed by atoms with Gasteiger partial charge in [-0.15, -0.1) is 0 Å². The monoisotopic (exact) mass is 380 g/mol. The van der Waals surface area contributed by atoms with Gasteiger partial charge in [0, 0.05) is 12.5 Å². The number of amides is 2. The maximum atomic E-state index is 12.7. The smallest absolute Gasteiger partial charge is 0.253 e. The topological polar surface area (TPSA) is 76.7 Å². The molecule has 0 radical (unpaired) electrons. The van der Waals surface area contributed by atoms with E-state index in [0.29, 0.717) is 29.3 Å². The Morgan fingerprint density at radius 2 is 1.75 bits per heavy atom. The van der Waals surface area contributed by atoms with Crippen LogP contribution in [-0.4, -0.2) is 18.6 Å². The average molecular weight is 380 g/mol. The number of hydrogen-bond acceptors (Lipinski definition) is 4. The molecule has 1 fully saturated rings. The minimum atomic E-state index is -0.225. The molecular formula is C22H24N2O4. The molecule has 1 saturated carbocycles. The van der Waals surface area contributed by atoms with Crippen LogP contribution in [0.5, 0.6) is 11.5 Å². The van der Waals surface area contributed by atoms with E-state index >= 15 is 0 Å². The summed E-state index contributed by atoms with van der Waals surface area (Å²) in [7, 11) is 0. The van der Waals surface area contributed by atoms with Gasteiger partial charge in [-0.2, -0.15) is 0 Å². The summed E-state index contributed by atoms with van der Waals surface area (Å²) in [5.74, 6) is 1.23. The Labute approximate surface area is 164 Å². The van der Waals surface area contributed by atoms with Crippen molar-refractivity contribution in [2.45, 2.75) is 38.6 Å². The van der Waals surface area contributed by atoms with Gasteiger partial charge in [0.25, 0.3) is 5.91 Å². The summed E-state index contributed by atoms with van der Waals surface area (Å²) in [6.07, 6.45) is 5.22. The van der Waals surface area contributed by atoms with Gasteiger partial charge in [-0.05, 0) is 42.7 Å². The van der Waals surface area contributed by atoms with Crippen LogP contribution in [0.1, 0.15) is 48.0 Å². The molecule has 6 nitrogen and oxygen atoms in total. The summed E-state index contributed by atoms with van der Waals surface area (Å²) in [5.41, 5.74) is 1.94. The van der Waals surface area contributed by atoms with Gasteiger partial charge in [0.1, 0.15) is 0 Å². The molecule has 0 spiro atoms. The highest BCUT2D eigenvalue weighted by Gasteiger charge is 2.22. The van der Waals surface area contributed by atoms with E-state index in [1.165, 1.54) is 6.42 Å². The second-order valence-corrected chi connectivity index (χ2v) is 7.24. The summed E-state index contributed by atoms with van der Waals surface area (Å²) < 4.78 is 10.7. The third-order valence-electron chi connectivity index (χ3n) is 5.30. The van der Waals surface area contributed by atoms with E-state index in [9.17, 15) is 9.59 Å². The summed E-state index contributed by atoms with van der Waals surface area (Å²) in [6.45, 7) is 0.583. The molecule has 28 heavy (non-hydrogen) atoms. The van der Waals surface area contributed by atoms with Gasteiger partial charge >= 0.3 is 0 Å². The average Bonchev–Trinajstić information content (AvgIpc) is 3.21. The quantitative estimate of drug-likeness (QED) is 0.826. The van der Waals surface area contributed by atoms with Crippen molar-refractivity contribution in [3.05, 3.63) is 53.6 Å². The number of hydrogen-bond donors (Lipinski definition) is 2. The van der Waals surface area contributed by atoms with Crippen molar-refractivity contribution in [2.24, 2.45) is 5.92 Å². The Hall–Kier alpha value is -3.02. The zero-order valence-corrected chi connectivity index (χ0v) is 15.7. The summed E-state index contributed by atoms with van der Waals surface area (Å²) in [5, 5.41) is 5.87. The number of para-hydroxylation sites is 1. The fraction of sp³-hybridized carbons (Fsp3) is 0.364. The first-order chi connectivity index (χ1) is 13.7. The second-order valence-electron chi connectivity index (χ2n) is 7.24. The van der Waals surface area contributed by atoms with Crippen molar-refractivity contribution in [1.82, 2.24) is 5.32 Å². The lowest BCUT2D eigenvalue weighted by atomic mass is 9.88. The van der Waals surface area contributed by atoms with Crippen LogP contribution in [0.25, 0.3) is 0 Å². The number of anilines is 1. The molecule has 2 N–H and O–H groups in total. The number of nitrogens with one attached hydrogen (secondary N) is 2. The van der Waals surface area contributed by atoms with Gasteiger partial charge < -0.3 is 20.1 Å². The van der Waals surface area contributed by atoms with E-state index in [-0.39, 0.29) is 24.5 Å². The lowest BCUT2D eigenvalue weighted by Gasteiger charge is -2.21. The van der Waals surface area contributed by atoms with Crippen LogP contribution in [0, 0.1) is 5.92 Å². The number of benzene rings is 2. The molecule has 2 amide bonds. The highest BCUT2D eigenvalue weighted by Crippen LogP contribution is 2.32. The number of carbonyl (C=O) groups excluding carboxylic acids is 2. The molecule has 1 aliphatic heterocycles. The lowest BCUT2D eigenvalue weighted by Crippen LogP contribution is -2.28. The largest absolute Gasteiger partial charge is 0.454 e. The van der Waals surface area contributed by atoms with Gasteiger partial charge in [-0.3, -0.25) is 9.59 Å². The highest BCUT2D eigenvalue weighted by atomic mass is 16.7. The van der Waals surface area contributed by atoms with Crippen molar-refractivity contribution in [3.63, 3.8) is 0 Å². The molecule has 2 aromatic carbocycles. The molecule has 0 aromatic heterocycles. The molecule has 0 unspecified atom stereocenters. The van der Waals surface area contributed by atoms with Gasteiger partial charge in [-0.1, -0.05) is 37.5 Å². The third kappa shape index (κ3) is 4.11.